The van der Waals surface area contributed by atoms with Gasteiger partial charge in [-0.1, -0.05) is 12.1 Å². The topological polar surface area (TPSA) is 165 Å². The Hall–Kier alpha value is -3.48. The Balaban J connectivity index is 1.45. The molecule has 0 amide bonds. The van der Waals surface area contributed by atoms with Gasteiger partial charge in [0.05, 0.1) is 6.26 Å². The van der Waals surface area contributed by atoms with Gasteiger partial charge in [-0.2, -0.15) is 0 Å². The first-order valence-electron chi connectivity index (χ1n) is 12.2. The Bertz CT molecular complexity index is 1250. The van der Waals surface area contributed by atoms with Crippen LogP contribution in [-0.4, -0.2) is 82.7 Å². The van der Waals surface area contributed by atoms with Gasteiger partial charge in [0.15, 0.2) is 5.78 Å². The van der Waals surface area contributed by atoms with Gasteiger partial charge in [-0.3, -0.25) is 4.79 Å². The lowest BCUT2D eigenvalue weighted by Gasteiger charge is -2.40. The predicted molar refractivity (Wildman–Crippen MR) is 132 cm³/mol. The van der Waals surface area contributed by atoms with Gasteiger partial charge in [0.1, 0.15) is 60.3 Å². The second-order valence-corrected chi connectivity index (χ2v) is 8.82. The molecule has 5 atom stereocenters. The van der Waals surface area contributed by atoms with Crippen LogP contribution in [0.2, 0.25) is 0 Å². The number of fused-ring (bicyclic) bond motifs is 1. The van der Waals surface area contributed by atoms with Crippen LogP contribution >= 0.6 is 0 Å². The van der Waals surface area contributed by atoms with Crippen LogP contribution in [0, 0.1) is 0 Å². The van der Waals surface area contributed by atoms with Crippen LogP contribution in [0.3, 0.4) is 0 Å². The maximum absolute atomic E-state index is 13.1. The van der Waals surface area contributed by atoms with Crippen LogP contribution in [0.4, 0.5) is 0 Å². The van der Waals surface area contributed by atoms with E-state index in [9.17, 15) is 30.0 Å². The second-order valence-electron chi connectivity index (χ2n) is 8.82. The molecular weight excluding hydrogens is 500 g/mol. The maximum atomic E-state index is 13.1. The van der Waals surface area contributed by atoms with Crippen molar-refractivity contribution in [2.75, 3.05) is 19.8 Å². The first-order valence-corrected chi connectivity index (χ1v) is 12.2. The van der Waals surface area contributed by atoms with Crippen molar-refractivity contribution in [1.29, 1.82) is 0 Å². The fourth-order valence-electron chi connectivity index (χ4n) is 4.13. The Morgan fingerprint density at radius 2 is 1.84 bits per heavy atom. The van der Waals surface area contributed by atoms with Gasteiger partial charge in [0.25, 0.3) is 0 Å². The van der Waals surface area contributed by atoms with Crippen LogP contribution in [0.5, 0.6) is 11.5 Å². The molecule has 11 nitrogen and oxygen atoms in total. The molecule has 11 heteroatoms. The molecule has 0 spiro atoms. The van der Waals surface area contributed by atoms with E-state index in [0.29, 0.717) is 13.0 Å². The normalized spacial score (nSPS) is 23.3. The summed E-state index contributed by atoms with van der Waals surface area (Å²) in [5.74, 6) is -1.53. The zero-order valence-corrected chi connectivity index (χ0v) is 20.7. The quantitative estimate of drug-likeness (QED) is 0.211. The number of hydrogen-bond donors (Lipinski definition) is 4. The second kappa shape index (κ2) is 12.4. The lowest BCUT2D eigenvalue weighted by molar-refractivity contribution is -0.278. The van der Waals surface area contributed by atoms with Crippen molar-refractivity contribution in [3.8, 4) is 11.5 Å². The average Bonchev–Trinajstić information content (AvgIpc) is 3.38. The minimum absolute atomic E-state index is 0.0467. The number of furan rings is 1. The van der Waals surface area contributed by atoms with Gasteiger partial charge in [-0.15, -0.1) is 0 Å². The Labute approximate surface area is 218 Å². The van der Waals surface area contributed by atoms with Crippen LogP contribution < -0.4 is 4.74 Å². The number of phenolic OH excluding ortho intramolecular Hbond substituents is 1. The minimum Gasteiger partial charge on any atom is -0.507 e. The van der Waals surface area contributed by atoms with Crippen molar-refractivity contribution < 1.29 is 53.4 Å². The molecule has 1 aromatic heterocycles. The number of aliphatic hydroxyl groups is 3. The summed E-state index contributed by atoms with van der Waals surface area (Å²) >= 11 is 0. The zero-order chi connectivity index (χ0) is 27.2. The molecule has 204 valence electrons. The van der Waals surface area contributed by atoms with Crippen molar-refractivity contribution in [2.45, 2.75) is 50.5 Å². The van der Waals surface area contributed by atoms with E-state index in [1.54, 1.807) is 13.2 Å². The molecule has 1 saturated heterocycles. The number of hydrogen-bond acceptors (Lipinski definition) is 11. The standard InChI is InChI=1S/C27H30O11/c1-2-34-14-22(30)36-13-21-24(31)25(32)26(33)27(38-21)37-20-5-3-4-17(28)23(20)18(29)8-6-15-7-9-19-16(12-15)10-11-35-19/h3-5,7,9-12,21,24-28,31-33H,2,6,8,13-14H2,1H3/t21-,24-,25+,26-,27-/m1/s1. The SMILES string of the molecule is CCOCC(=O)OC[C@H]1O[C@@H](Oc2cccc(O)c2C(=O)CCc2ccc3occc3c2)[C@H](O)[C@@H](O)[C@@H]1O. The molecule has 1 fully saturated rings. The molecular formula is C27H30O11. The van der Waals surface area contributed by atoms with Crippen molar-refractivity contribution in [2.24, 2.45) is 0 Å². The van der Waals surface area contributed by atoms with E-state index in [2.05, 4.69) is 0 Å². The number of benzene rings is 2. The number of Topliss-reactive ketones (excluding diaryl/α,β-unsaturated/α-hetero) is 1. The number of phenols is 1. The molecule has 0 unspecified atom stereocenters. The number of aryl methyl sites for hydroxylation is 1. The minimum atomic E-state index is -1.70. The molecule has 1 aliphatic rings. The van der Waals surface area contributed by atoms with E-state index >= 15 is 0 Å². The van der Waals surface area contributed by atoms with Gasteiger partial charge in [0.2, 0.25) is 6.29 Å². The number of carbonyl (C=O) groups excluding carboxylic acids is 2. The Kier molecular flexibility index (Phi) is 8.97. The number of aliphatic hydroxyl groups excluding tert-OH is 3. The molecule has 0 saturated carbocycles. The van der Waals surface area contributed by atoms with E-state index in [1.807, 2.05) is 24.3 Å². The summed E-state index contributed by atoms with van der Waals surface area (Å²) in [7, 11) is 0. The molecule has 2 aromatic carbocycles. The number of ether oxygens (including phenoxy) is 4. The van der Waals surface area contributed by atoms with Gasteiger partial charge < -0.3 is 43.8 Å². The number of ketones is 1. The molecule has 4 N–H and O–H groups in total. The largest absolute Gasteiger partial charge is 0.507 e. The zero-order valence-electron chi connectivity index (χ0n) is 20.7. The van der Waals surface area contributed by atoms with Crippen molar-refractivity contribution in [3.63, 3.8) is 0 Å². The maximum Gasteiger partial charge on any atom is 0.332 e. The summed E-state index contributed by atoms with van der Waals surface area (Å²) in [4.78, 5) is 24.9. The lowest BCUT2D eigenvalue weighted by Crippen LogP contribution is -2.60. The number of esters is 1. The summed E-state index contributed by atoms with van der Waals surface area (Å²) in [5, 5.41) is 42.4. The number of aromatic hydroxyl groups is 1. The van der Waals surface area contributed by atoms with Crippen molar-refractivity contribution in [3.05, 3.63) is 59.9 Å². The molecule has 2 heterocycles. The highest BCUT2D eigenvalue weighted by Crippen LogP contribution is 2.33. The molecule has 38 heavy (non-hydrogen) atoms. The first-order chi connectivity index (χ1) is 18.3. The third-order valence-electron chi connectivity index (χ3n) is 6.18. The van der Waals surface area contributed by atoms with Gasteiger partial charge in [0, 0.05) is 18.4 Å². The molecule has 3 aromatic rings. The molecule has 0 radical (unpaired) electrons. The van der Waals surface area contributed by atoms with Crippen LogP contribution in [0.1, 0.15) is 29.3 Å². The fraction of sp³-hybridized carbons (Fsp3) is 0.407. The summed E-state index contributed by atoms with van der Waals surface area (Å²) in [5.41, 5.74) is 1.51. The van der Waals surface area contributed by atoms with Crippen molar-refractivity contribution >= 4 is 22.7 Å². The fourth-order valence-corrected chi connectivity index (χ4v) is 4.13. The van der Waals surface area contributed by atoms with Gasteiger partial charge >= 0.3 is 5.97 Å². The van der Waals surface area contributed by atoms with E-state index < -0.39 is 49.1 Å². The average molecular weight is 531 g/mol. The molecule has 4 rings (SSSR count). The third-order valence-corrected chi connectivity index (χ3v) is 6.18. The number of rotatable bonds is 11. The smallest absolute Gasteiger partial charge is 0.332 e. The number of carbonyl (C=O) groups is 2. The van der Waals surface area contributed by atoms with E-state index in [0.717, 1.165) is 16.5 Å². The van der Waals surface area contributed by atoms with Crippen molar-refractivity contribution in [1.82, 2.24) is 0 Å². The third kappa shape index (κ3) is 6.32. The summed E-state index contributed by atoms with van der Waals surface area (Å²) < 4.78 is 26.6. The van der Waals surface area contributed by atoms with Gasteiger partial charge in [-0.25, -0.2) is 4.79 Å². The first kappa shape index (κ1) is 27.6. The monoisotopic (exact) mass is 530 g/mol. The highest BCUT2D eigenvalue weighted by molar-refractivity contribution is 6.01. The van der Waals surface area contributed by atoms with E-state index in [-0.39, 0.29) is 30.1 Å². The van der Waals surface area contributed by atoms with Crippen LogP contribution in [0.15, 0.2) is 53.1 Å². The summed E-state index contributed by atoms with van der Waals surface area (Å²) in [6.45, 7) is 1.28. The van der Waals surface area contributed by atoms with Gasteiger partial charge in [-0.05, 0) is 49.2 Å². The Morgan fingerprint density at radius 1 is 1.03 bits per heavy atom. The van der Waals surface area contributed by atoms with E-state index in [1.165, 1.54) is 18.2 Å². The molecule has 1 aliphatic heterocycles. The predicted octanol–water partition coefficient (Wildman–Crippen LogP) is 1.72. The van der Waals surface area contributed by atoms with E-state index in [4.69, 9.17) is 23.4 Å². The summed E-state index contributed by atoms with van der Waals surface area (Å²) in [6.07, 6.45) is -5.74. The molecule has 0 aliphatic carbocycles. The Morgan fingerprint density at radius 3 is 2.63 bits per heavy atom. The highest BCUT2D eigenvalue weighted by atomic mass is 16.7. The van der Waals surface area contributed by atoms with Crippen LogP contribution in [0.25, 0.3) is 11.0 Å². The highest BCUT2D eigenvalue weighted by Gasteiger charge is 2.45. The van der Waals surface area contributed by atoms with Crippen LogP contribution in [-0.2, 0) is 25.4 Å². The summed E-state index contributed by atoms with van der Waals surface area (Å²) in [6, 6.07) is 11.6. The molecule has 0 bridgehead atoms. The lowest BCUT2D eigenvalue weighted by atomic mass is 9.98.